The maximum absolute atomic E-state index is 12.7. The Balaban J connectivity index is 0.00000420. The Morgan fingerprint density at radius 2 is 1.40 bits per heavy atom. The Hall–Kier alpha value is -0.290. The minimum absolute atomic E-state index is 0. The number of rotatable bonds is 6. The third-order valence-corrected chi connectivity index (χ3v) is 7.68. The summed E-state index contributed by atoms with van der Waals surface area (Å²) in [6, 6.07) is 4.84. The van der Waals surface area contributed by atoms with Gasteiger partial charge in [0.2, 0.25) is 9.87 Å². The first-order valence-electron chi connectivity index (χ1n) is 7.27. The molecule has 1 aromatic rings. The zero-order valence-electron chi connectivity index (χ0n) is 16.3. The van der Waals surface area contributed by atoms with Crippen molar-refractivity contribution in [3.8, 4) is 5.75 Å². The number of benzene rings is 1. The SMILES string of the molecule is COC1(OC)C=C(O)C(C(=O)c2ccccc2O)=CC1(S(=O)(=O)[O-])S(=O)(=O)[O-].[Na+].[Na+]. The van der Waals surface area contributed by atoms with Crippen LogP contribution in [-0.2, 0) is 29.7 Å². The van der Waals surface area contributed by atoms with Gasteiger partial charge in [-0.2, -0.15) is 0 Å². The zero-order chi connectivity index (χ0) is 21.5. The van der Waals surface area contributed by atoms with Crippen LogP contribution in [0.5, 0.6) is 5.75 Å². The number of aromatic hydroxyl groups is 1. The van der Waals surface area contributed by atoms with Crippen LogP contribution in [0.1, 0.15) is 10.4 Å². The molecule has 154 valence electrons. The van der Waals surface area contributed by atoms with Gasteiger partial charge in [0, 0.05) is 20.3 Å². The molecule has 2 rings (SSSR count). The third-order valence-electron chi connectivity index (χ3n) is 4.17. The van der Waals surface area contributed by atoms with Crippen LogP contribution >= 0.6 is 0 Å². The number of phenolic OH excluding ortho intramolecular Hbond substituents is 1. The molecule has 0 saturated heterocycles. The molecular formula is C15H14Na2O11S2. The van der Waals surface area contributed by atoms with E-state index in [1.165, 1.54) is 12.1 Å². The van der Waals surface area contributed by atoms with E-state index >= 15 is 0 Å². The third kappa shape index (κ3) is 4.58. The minimum atomic E-state index is -6.11. The molecule has 0 fully saturated rings. The molecule has 0 unspecified atom stereocenters. The van der Waals surface area contributed by atoms with Crippen molar-refractivity contribution in [1.82, 2.24) is 0 Å². The zero-order valence-corrected chi connectivity index (χ0v) is 22.0. The van der Waals surface area contributed by atoms with Crippen LogP contribution in [0.4, 0.5) is 0 Å². The molecule has 11 nitrogen and oxygen atoms in total. The van der Waals surface area contributed by atoms with Crippen molar-refractivity contribution in [2.75, 3.05) is 14.2 Å². The van der Waals surface area contributed by atoms with Gasteiger partial charge in [-0.15, -0.1) is 0 Å². The quantitative estimate of drug-likeness (QED) is 0.170. The number of hydrogen-bond acceptors (Lipinski definition) is 11. The van der Waals surface area contributed by atoms with Crippen molar-refractivity contribution in [2.24, 2.45) is 0 Å². The summed E-state index contributed by atoms with van der Waals surface area (Å²) >= 11 is 0. The fourth-order valence-electron chi connectivity index (χ4n) is 2.82. The van der Waals surface area contributed by atoms with Crippen LogP contribution in [-0.4, -0.2) is 66.0 Å². The van der Waals surface area contributed by atoms with E-state index in [1.807, 2.05) is 0 Å². The van der Waals surface area contributed by atoms with Crippen molar-refractivity contribution < 1.29 is 110 Å². The number of Topliss-reactive ketones (excluding diaryl/α,β-unsaturated/α-hetero) is 1. The number of hydrogen-bond donors (Lipinski definition) is 2. The summed E-state index contributed by atoms with van der Waals surface area (Å²) in [5.74, 6) is -5.97. The number of carbonyl (C=O) groups is 1. The molecule has 0 amide bonds. The van der Waals surface area contributed by atoms with E-state index < -0.39 is 58.5 Å². The number of methoxy groups -OCH3 is 2. The van der Waals surface area contributed by atoms with Gasteiger partial charge in [0.1, 0.15) is 31.7 Å². The molecule has 30 heavy (non-hydrogen) atoms. The van der Waals surface area contributed by atoms with Gasteiger partial charge >= 0.3 is 59.1 Å². The Kier molecular flexibility index (Phi) is 10.0. The van der Waals surface area contributed by atoms with Gasteiger partial charge in [0.05, 0.1) is 11.1 Å². The fraction of sp³-hybridized carbons (Fsp3) is 0.267. The fourth-order valence-corrected chi connectivity index (χ4v) is 5.49. The van der Waals surface area contributed by atoms with Crippen molar-refractivity contribution in [3.63, 3.8) is 0 Å². The van der Waals surface area contributed by atoms with Crippen LogP contribution in [0, 0.1) is 0 Å². The van der Waals surface area contributed by atoms with E-state index in [0.717, 1.165) is 26.4 Å². The van der Waals surface area contributed by atoms with Gasteiger partial charge in [-0.1, -0.05) is 12.1 Å². The molecule has 2 N–H and O–H groups in total. The predicted octanol–water partition coefficient (Wildman–Crippen LogP) is -6.26. The Labute approximate surface area is 216 Å². The van der Waals surface area contributed by atoms with E-state index in [2.05, 4.69) is 0 Å². The normalized spacial score (nSPS) is 17.6. The van der Waals surface area contributed by atoms with Crippen LogP contribution in [0.3, 0.4) is 0 Å². The van der Waals surface area contributed by atoms with E-state index in [0.29, 0.717) is 6.08 Å². The Bertz CT molecular complexity index is 1060. The predicted molar refractivity (Wildman–Crippen MR) is 90.1 cm³/mol. The van der Waals surface area contributed by atoms with Gasteiger partial charge in [-0.3, -0.25) is 4.79 Å². The molecule has 0 bridgehead atoms. The number of allylic oxidation sites excluding steroid dienone is 1. The van der Waals surface area contributed by atoms with Gasteiger partial charge in [-0.25, -0.2) is 16.8 Å². The van der Waals surface area contributed by atoms with Crippen molar-refractivity contribution in [3.05, 3.63) is 53.3 Å². The molecule has 15 heteroatoms. The summed E-state index contributed by atoms with van der Waals surface area (Å²) in [6.07, 6.45) is 0.278. The molecule has 0 heterocycles. The summed E-state index contributed by atoms with van der Waals surface area (Å²) in [6.45, 7) is 0. The molecule has 0 radical (unpaired) electrons. The standard InChI is InChI=1S/C15H16O11S2.2Na/c1-25-14(26-2)8-12(17)10(13(18)9-5-3-4-6-11(9)16)7-15(14,27(19,20)21)28(22,23)24;;/h3-8,16-17H,1-2H3,(H,19,20,21)(H,22,23,24);;/q;2*+1/p-2. The van der Waals surface area contributed by atoms with Crippen LogP contribution < -0.4 is 59.1 Å². The number of carbonyl (C=O) groups excluding carboxylic acids is 1. The van der Waals surface area contributed by atoms with E-state index in [9.17, 15) is 40.9 Å². The summed E-state index contributed by atoms with van der Waals surface area (Å²) in [7, 11) is -10.8. The van der Waals surface area contributed by atoms with Gasteiger partial charge in [-0.05, 0) is 18.2 Å². The van der Waals surface area contributed by atoms with Crippen LogP contribution in [0.25, 0.3) is 0 Å². The summed E-state index contributed by atoms with van der Waals surface area (Å²) < 4.78 is 77.2. The Morgan fingerprint density at radius 3 is 1.80 bits per heavy atom. The molecule has 0 spiro atoms. The van der Waals surface area contributed by atoms with Crippen LogP contribution in [0.15, 0.2) is 47.7 Å². The molecule has 0 aromatic heterocycles. The first kappa shape index (κ1) is 29.7. The topological polar surface area (TPSA) is 190 Å². The molecule has 1 aliphatic carbocycles. The smallest absolute Gasteiger partial charge is 0.746 e. The van der Waals surface area contributed by atoms with E-state index in [1.54, 1.807) is 0 Å². The second-order valence-corrected chi connectivity index (χ2v) is 8.95. The number of ether oxygens (including phenoxy) is 2. The molecule has 0 aliphatic heterocycles. The number of phenols is 1. The largest absolute Gasteiger partial charge is 1.00 e. The van der Waals surface area contributed by atoms with Gasteiger partial charge in [0.25, 0.3) is 0 Å². The number of para-hydroxylation sites is 1. The molecular weight excluding hydrogens is 466 g/mol. The summed E-state index contributed by atoms with van der Waals surface area (Å²) in [4.78, 5) is 12.7. The first-order chi connectivity index (χ1) is 12.8. The van der Waals surface area contributed by atoms with E-state index in [-0.39, 0.29) is 65.2 Å². The molecule has 1 aromatic carbocycles. The molecule has 0 saturated carbocycles. The second-order valence-electron chi connectivity index (χ2n) is 5.59. The summed E-state index contributed by atoms with van der Waals surface area (Å²) in [5.41, 5.74) is -1.50. The summed E-state index contributed by atoms with van der Waals surface area (Å²) in [5, 5.41) is 20.0. The monoisotopic (exact) mass is 480 g/mol. The maximum Gasteiger partial charge on any atom is 1.00 e. The number of aliphatic hydroxyl groups is 1. The second kappa shape index (κ2) is 10.1. The van der Waals surface area contributed by atoms with Gasteiger partial charge < -0.3 is 28.8 Å². The Morgan fingerprint density at radius 1 is 0.933 bits per heavy atom. The molecule has 0 atom stereocenters. The van der Waals surface area contributed by atoms with Gasteiger partial charge in [0.15, 0.2) is 5.78 Å². The number of ketones is 1. The number of aliphatic hydroxyl groups excluding tert-OH is 1. The van der Waals surface area contributed by atoms with Crippen molar-refractivity contribution in [1.29, 1.82) is 0 Å². The van der Waals surface area contributed by atoms with E-state index in [4.69, 9.17) is 9.47 Å². The average Bonchev–Trinajstić information content (AvgIpc) is 2.59. The molecule has 1 aliphatic rings. The van der Waals surface area contributed by atoms with Crippen molar-refractivity contribution in [2.45, 2.75) is 9.87 Å². The first-order valence-corrected chi connectivity index (χ1v) is 10.1. The minimum Gasteiger partial charge on any atom is -0.746 e. The van der Waals surface area contributed by atoms with Crippen LogP contribution in [0.2, 0.25) is 0 Å². The van der Waals surface area contributed by atoms with Crippen molar-refractivity contribution >= 4 is 26.0 Å². The average molecular weight is 480 g/mol. The maximum atomic E-state index is 12.7.